The summed E-state index contributed by atoms with van der Waals surface area (Å²) in [6, 6.07) is 3.42. The van der Waals surface area contributed by atoms with Crippen LogP contribution in [0.5, 0.6) is 0 Å². The first kappa shape index (κ1) is 14.5. The van der Waals surface area contributed by atoms with E-state index in [1.807, 2.05) is 11.4 Å². The van der Waals surface area contributed by atoms with Crippen LogP contribution in [0, 0.1) is 0 Å². The van der Waals surface area contributed by atoms with Gasteiger partial charge in [0.2, 0.25) is 0 Å². The highest BCUT2D eigenvalue weighted by Gasteiger charge is 2.37. The van der Waals surface area contributed by atoms with Gasteiger partial charge in [-0.2, -0.15) is 0 Å². The molecule has 0 radical (unpaired) electrons. The fraction of sp³-hybridized carbons (Fsp3) is 0.615. The lowest BCUT2D eigenvalue weighted by Gasteiger charge is -2.36. The van der Waals surface area contributed by atoms with Crippen LogP contribution in [0.1, 0.15) is 35.4 Å². The van der Waals surface area contributed by atoms with Gasteiger partial charge in [-0.1, -0.05) is 18.9 Å². The lowest BCUT2D eigenvalue weighted by Crippen LogP contribution is -2.49. The zero-order valence-corrected chi connectivity index (χ0v) is 12.8. The maximum absolute atomic E-state index is 12.3. The molecule has 0 unspecified atom stereocenters. The molecule has 19 heavy (non-hydrogen) atoms. The van der Waals surface area contributed by atoms with E-state index in [-0.39, 0.29) is 11.9 Å². The lowest BCUT2D eigenvalue weighted by atomic mass is 9.93. The van der Waals surface area contributed by atoms with Crippen molar-refractivity contribution < 1.29 is 13.2 Å². The van der Waals surface area contributed by atoms with E-state index < -0.39 is 15.1 Å². The minimum Gasteiger partial charge on any atom is -0.337 e. The summed E-state index contributed by atoms with van der Waals surface area (Å²) < 4.78 is 23.7. The Hall–Kier alpha value is -0.880. The molecule has 1 saturated carbocycles. The van der Waals surface area contributed by atoms with Gasteiger partial charge in [0.05, 0.1) is 10.1 Å². The van der Waals surface area contributed by atoms with Crippen molar-refractivity contribution in [2.75, 3.05) is 13.3 Å². The molecule has 1 amide bonds. The van der Waals surface area contributed by atoms with Crippen molar-refractivity contribution in [3.8, 4) is 0 Å². The lowest BCUT2D eigenvalue weighted by molar-refractivity contribution is 0.0705. The van der Waals surface area contributed by atoms with Crippen LogP contribution in [0.25, 0.3) is 0 Å². The van der Waals surface area contributed by atoms with E-state index in [0.717, 1.165) is 19.3 Å². The molecule has 4 nitrogen and oxygen atoms in total. The second kappa shape index (κ2) is 5.63. The third-order valence-electron chi connectivity index (χ3n) is 3.77. The predicted octanol–water partition coefficient (Wildman–Crippen LogP) is 2.18. The van der Waals surface area contributed by atoms with Gasteiger partial charge >= 0.3 is 0 Å². The Kier molecular flexibility index (Phi) is 4.30. The van der Waals surface area contributed by atoms with Gasteiger partial charge in [0.1, 0.15) is 0 Å². The van der Waals surface area contributed by atoms with Gasteiger partial charge in [0, 0.05) is 19.3 Å². The van der Waals surface area contributed by atoms with Gasteiger partial charge in [-0.05, 0) is 24.3 Å². The largest absolute Gasteiger partial charge is 0.337 e. The molecule has 106 valence electrons. The number of hydrogen-bond acceptors (Lipinski definition) is 4. The summed E-state index contributed by atoms with van der Waals surface area (Å²) in [7, 11) is -1.39. The number of carbonyl (C=O) groups is 1. The Balaban J connectivity index is 2.21. The zero-order valence-electron chi connectivity index (χ0n) is 11.2. The summed E-state index contributed by atoms with van der Waals surface area (Å²) >= 11 is 1.39. The molecule has 0 bridgehead atoms. The Bertz CT molecular complexity index is 536. The molecule has 1 fully saturated rings. The highest BCUT2D eigenvalue weighted by Crippen LogP contribution is 2.28. The molecule has 0 aromatic carbocycles. The highest BCUT2D eigenvalue weighted by atomic mass is 32.2. The monoisotopic (exact) mass is 301 g/mol. The van der Waals surface area contributed by atoms with Crippen molar-refractivity contribution in [2.45, 2.75) is 37.0 Å². The normalized spacial score (nSPS) is 24.1. The SMILES string of the molecule is CN(C(=O)c1cccs1)[C@H]1CCCC[C@@H]1S(C)(=O)=O. The summed E-state index contributed by atoms with van der Waals surface area (Å²) in [5.41, 5.74) is 0. The van der Waals surface area contributed by atoms with Crippen LogP contribution >= 0.6 is 11.3 Å². The van der Waals surface area contributed by atoms with Gasteiger partial charge in [-0.25, -0.2) is 8.42 Å². The molecule has 2 atom stereocenters. The standard InChI is InChI=1S/C13H19NO3S2/c1-14(13(15)11-7-5-9-18-11)10-6-3-4-8-12(10)19(2,16)17/h5,7,9-10,12H,3-4,6,8H2,1-2H3/t10-,12-/m0/s1. The first-order valence-electron chi connectivity index (χ1n) is 6.41. The van der Waals surface area contributed by atoms with Gasteiger partial charge in [0.25, 0.3) is 5.91 Å². The molecule has 1 aromatic heterocycles. The van der Waals surface area contributed by atoms with Crippen LogP contribution in [0.2, 0.25) is 0 Å². The van der Waals surface area contributed by atoms with Crippen molar-refractivity contribution in [1.82, 2.24) is 4.90 Å². The molecule has 6 heteroatoms. The van der Waals surface area contributed by atoms with Crippen molar-refractivity contribution in [2.24, 2.45) is 0 Å². The van der Waals surface area contributed by atoms with Gasteiger partial charge in [0.15, 0.2) is 9.84 Å². The first-order chi connectivity index (χ1) is 8.91. The number of nitrogens with zero attached hydrogens (tertiary/aromatic N) is 1. The van der Waals surface area contributed by atoms with E-state index in [9.17, 15) is 13.2 Å². The van der Waals surface area contributed by atoms with Crippen LogP contribution in [0.4, 0.5) is 0 Å². The first-order valence-corrected chi connectivity index (χ1v) is 9.24. The molecule has 1 aliphatic carbocycles. The number of carbonyl (C=O) groups excluding carboxylic acids is 1. The van der Waals surface area contributed by atoms with Crippen molar-refractivity contribution >= 4 is 27.1 Å². The highest BCUT2D eigenvalue weighted by molar-refractivity contribution is 7.91. The molecule has 0 aliphatic heterocycles. The topological polar surface area (TPSA) is 54.5 Å². The van der Waals surface area contributed by atoms with E-state index in [4.69, 9.17) is 0 Å². The number of thiophene rings is 1. The Morgan fingerprint density at radius 3 is 2.63 bits per heavy atom. The fourth-order valence-corrected chi connectivity index (χ4v) is 4.93. The van der Waals surface area contributed by atoms with Crippen molar-refractivity contribution in [1.29, 1.82) is 0 Å². The number of amides is 1. The van der Waals surface area contributed by atoms with E-state index >= 15 is 0 Å². The van der Waals surface area contributed by atoms with Crippen LogP contribution in [0.3, 0.4) is 0 Å². The molecule has 1 aliphatic rings. The summed E-state index contributed by atoms with van der Waals surface area (Å²) in [4.78, 5) is 14.6. The molecule has 1 heterocycles. The summed E-state index contributed by atoms with van der Waals surface area (Å²) in [6.45, 7) is 0. The summed E-state index contributed by atoms with van der Waals surface area (Å²) in [5, 5.41) is 1.44. The van der Waals surface area contributed by atoms with Crippen molar-refractivity contribution in [3.05, 3.63) is 22.4 Å². The molecule has 2 rings (SSSR count). The minimum atomic E-state index is -3.11. The maximum atomic E-state index is 12.3. The zero-order chi connectivity index (χ0) is 14.0. The Labute approximate surface area is 118 Å². The average molecular weight is 301 g/mol. The van der Waals surface area contributed by atoms with Crippen LogP contribution in [0.15, 0.2) is 17.5 Å². The molecule has 0 spiro atoms. The second-order valence-corrected chi connectivity index (χ2v) is 8.33. The molecule has 0 saturated heterocycles. The molecular formula is C13H19NO3S2. The van der Waals surface area contributed by atoms with E-state index in [0.29, 0.717) is 11.3 Å². The number of rotatable bonds is 3. The quantitative estimate of drug-likeness (QED) is 0.860. The van der Waals surface area contributed by atoms with Crippen LogP contribution in [-0.2, 0) is 9.84 Å². The van der Waals surface area contributed by atoms with Gasteiger partial charge < -0.3 is 4.90 Å². The van der Waals surface area contributed by atoms with E-state index in [2.05, 4.69) is 0 Å². The van der Waals surface area contributed by atoms with E-state index in [1.54, 1.807) is 18.0 Å². The summed E-state index contributed by atoms with van der Waals surface area (Å²) in [6.07, 6.45) is 4.62. The Morgan fingerprint density at radius 1 is 1.37 bits per heavy atom. The predicted molar refractivity (Wildman–Crippen MR) is 77.3 cm³/mol. The minimum absolute atomic E-state index is 0.0736. The van der Waals surface area contributed by atoms with E-state index in [1.165, 1.54) is 17.6 Å². The van der Waals surface area contributed by atoms with Crippen LogP contribution < -0.4 is 0 Å². The summed E-state index contributed by atoms with van der Waals surface area (Å²) in [5.74, 6) is -0.0736. The smallest absolute Gasteiger partial charge is 0.263 e. The second-order valence-electron chi connectivity index (χ2n) is 5.11. The molecule has 1 aromatic rings. The maximum Gasteiger partial charge on any atom is 0.263 e. The number of sulfone groups is 1. The fourth-order valence-electron chi connectivity index (χ4n) is 2.74. The average Bonchev–Trinajstić information content (AvgIpc) is 2.90. The van der Waals surface area contributed by atoms with Crippen LogP contribution in [-0.4, -0.2) is 43.8 Å². The molecule has 0 N–H and O–H groups in total. The Morgan fingerprint density at radius 2 is 2.05 bits per heavy atom. The third kappa shape index (κ3) is 3.17. The number of hydrogen-bond donors (Lipinski definition) is 0. The third-order valence-corrected chi connectivity index (χ3v) is 6.28. The van der Waals surface area contributed by atoms with Gasteiger partial charge in [-0.15, -0.1) is 11.3 Å². The van der Waals surface area contributed by atoms with Crippen molar-refractivity contribution in [3.63, 3.8) is 0 Å². The van der Waals surface area contributed by atoms with Gasteiger partial charge in [-0.3, -0.25) is 4.79 Å². The molecular weight excluding hydrogens is 282 g/mol.